The summed E-state index contributed by atoms with van der Waals surface area (Å²) in [4.78, 5) is 11.4. The number of esters is 1. The Morgan fingerprint density at radius 2 is 2.06 bits per heavy atom. The van der Waals surface area contributed by atoms with Crippen LogP contribution in [0.4, 0.5) is 0 Å². The zero-order valence-electron chi connectivity index (χ0n) is 11.2. The third-order valence-corrected chi connectivity index (χ3v) is 2.24. The van der Waals surface area contributed by atoms with Gasteiger partial charge in [0.2, 0.25) is 0 Å². The zero-order valence-corrected chi connectivity index (χ0v) is 11.2. The first-order valence-electron chi connectivity index (χ1n) is 6.05. The Labute approximate surface area is 104 Å². The number of carbonyl (C=O) groups excluding carboxylic acids is 1. The van der Waals surface area contributed by atoms with E-state index in [2.05, 4.69) is 13.5 Å². The number of methoxy groups -OCH3 is 1. The second-order valence-corrected chi connectivity index (χ2v) is 4.02. The first-order chi connectivity index (χ1) is 8.11. The second kappa shape index (κ2) is 10.3. The van der Waals surface area contributed by atoms with Crippen molar-refractivity contribution in [3.05, 3.63) is 12.2 Å². The van der Waals surface area contributed by atoms with Crippen molar-refractivity contribution in [2.45, 2.75) is 39.2 Å². The highest BCUT2D eigenvalue weighted by Crippen LogP contribution is 2.08. The van der Waals surface area contributed by atoms with Gasteiger partial charge in [0.05, 0.1) is 19.8 Å². The summed E-state index contributed by atoms with van der Waals surface area (Å²) in [5.41, 5.74) is 0.420. The molecule has 0 bridgehead atoms. The first kappa shape index (κ1) is 16.1. The molecule has 0 N–H and O–H groups in total. The highest BCUT2D eigenvalue weighted by Gasteiger charge is 2.14. The monoisotopic (exact) mass is 244 g/mol. The fourth-order valence-electron chi connectivity index (χ4n) is 1.22. The largest absolute Gasteiger partial charge is 0.457 e. The Morgan fingerprint density at radius 3 is 2.59 bits per heavy atom. The molecule has 0 saturated heterocycles. The van der Waals surface area contributed by atoms with Crippen molar-refractivity contribution >= 4 is 5.97 Å². The topological polar surface area (TPSA) is 44.8 Å². The van der Waals surface area contributed by atoms with Gasteiger partial charge in [-0.3, -0.25) is 0 Å². The SMILES string of the molecule is C=C(C)C(=O)OC(CCCC)COCCOC. The standard InChI is InChI=1S/C13H24O4/c1-5-6-7-12(10-16-9-8-15-4)17-13(14)11(2)3/h12H,2,5-10H2,1,3-4H3. The molecule has 0 heterocycles. The van der Waals surface area contributed by atoms with Gasteiger partial charge in [0.25, 0.3) is 0 Å². The maximum absolute atomic E-state index is 11.4. The number of hydrogen-bond acceptors (Lipinski definition) is 4. The van der Waals surface area contributed by atoms with Gasteiger partial charge in [0, 0.05) is 12.7 Å². The molecular weight excluding hydrogens is 220 g/mol. The molecule has 0 fully saturated rings. The molecule has 0 radical (unpaired) electrons. The smallest absolute Gasteiger partial charge is 0.333 e. The van der Waals surface area contributed by atoms with E-state index in [0.717, 1.165) is 19.3 Å². The highest BCUT2D eigenvalue weighted by molar-refractivity contribution is 5.87. The summed E-state index contributed by atoms with van der Waals surface area (Å²) in [5, 5.41) is 0. The summed E-state index contributed by atoms with van der Waals surface area (Å²) in [6.45, 7) is 8.79. The van der Waals surface area contributed by atoms with Crippen LogP contribution in [0.25, 0.3) is 0 Å². The van der Waals surface area contributed by atoms with Crippen LogP contribution in [-0.2, 0) is 19.0 Å². The Kier molecular flexibility index (Phi) is 9.77. The van der Waals surface area contributed by atoms with E-state index in [4.69, 9.17) is 14.2 Å². The summed E-state index contributed by atoms with van der Waals surface area (Å²) in [6.07, 6.45) is 2.72. The third-order valence-electron chi connectivity index (χ3n) is 2.24. The van der Waals surface area contributed by atoms with Crippen LogP contribution in [0, 0.1) is 0 Å². The lowest BCUT2D eigenvalue weighted by atomic mass is 10.2. The zero-order chi connectivity index (χ0) is 13.1. The average molecular weight is 244 g/mol. The lowest BCUT2D eigenvalue weighted by Gasteiger charge is -2.17. The summed E-state index contributed by atoms with van der Waals surface area (Å²) >= 11 is 0. The van der Waals surface area contributed by atoms with Gasteiger partial charge in [-0.15, -0.1) is 0 Å². The lowest BCUT2D eigenvalue weighted by molar-refractivity contribution is -0.148. The first-order valence-corrected chi connectivity index (χ1v) is 6.05. The van der Waals surface area contributed by atoms with E-state index < -0.39 is 0 Å². The summed E-state index contributed by atoms with van der Waals surface area (Å²) < 4.78 is 15.5. The van der Waals surface area contributed by atoms with Crippen molar-refractivity contribution in [1.82, 2.24) is 0 Å². The summed E-state index contributed by atoms with van der Waals surface area (Å²) in [6, 6.07) is 0. The van der Waals surface area contributed by atoms with Gasteiger partial charge in [-0.1, -0.05) is 19.9 Å². The predicted molar refractivity (Wildman–Crippen MR) is 66.9 cm³/mol. The Morgan fingerprint density at radius 1 is 1.35 bits per heavy atom. The quantitative estimate of drug-likeness (QED) is 0.336. The molecule has 0 aromatic carbocycles. The van der Waals surface area contributed by atoms with Crippen LogP contribution in [0.5, 0.6) is 0 Å². The van der Waals surface area contributed by atoms with Crippen molar-refractivity contribution in [2.75, 3.05) is 26.9 Å². The van der Waals surface area contributed by atoms with Crippen molar-refractivity contribution in [2.24, 2.45) is 0 Å². The molecule has 0 aliphatic heterocycles. The molecule has 0 amide bonds. The van der Waals surface area contributed by atoms with Crippen LogP contribution in [0.3, 0.4) is 0 Å². The lowest BCUT2D eigenvalue weighted by Crippen LogP contribution is -2.24. The number of carbonyl (C=O) groups is 1. The van der Waals surface area contributed by atoms with E-state index in [1.807, 2.05) is 0 Å². The molecule has 100 valence electrons. The normalized spacial score (nSPS) is 12.2. The van der Waals surface area contributed by atoms with Crippen LogP contribution < -0.4 is 0 Å². The molecule has 4 heteroatoms. The van der Waals surface area contributed by atoms with Crippen molar-refractivity contribution in [3.8, 4) is 0 Å². The number of rotatable bonds is 10. The van der Waals surface area contributed by atoms with Crippen LogP contribution >= 0.6 is 0 Å². The fraction of sp³-hybridized carbons (Fsp3) is 0.769. The van der Waals surface area contributed by atoms with Crippen molar-refractivity contribution < 1.29 is 19.0 Å². The molecule has 1 unspecified atom stereocenters. The molecule has 1 atom stereocenters. The van der Waals surface area contributed by atoms with Gasteiger partial charge in [-0.05, 0) is 19.8 Å². The van der Waals surface area contributed by atoms with Crippen LogP contribution in [0.15, 0.2) is 12.2 Å². The van der Waals surface area contributed by atoms with Gasteiger partial charge in [-0.25, -0.2) is 4.79 Å². The number of hydrogen-bond donors (Lipinski definition) is 0. The molecule has 0 saturated carbocycles. The summed E-state index contributed by atoms with van der Waals surface area (Å²) in [5.74, 6) is -0.346. The number of ether oxygens (including phenoxy) is 3. The Balaban J connectivity index is 3.95. The maximum Gasteiger partial charge on any atom is 0.333 e. The molecule has 0 aliphatic carbocycles. The van der Waals surface area contributed by atoms with Crippen LogP contribution in [-0.4, -0.2) is 39.0 Å². The molecule has 0 aromatic heterocycles. The highest BCUT2D eigenvalue weighted by atomic mass is 16.6. The van der Waals surface area contributed by atoms with E-state index in [1.165, 1.54) is 0 Å². The molecule has 0 spiro atoms. The minimum Gasteiger partial charge on any atom is -0.457 e. The Bertz CT molecular complexity index is 225. The third kappa shape index (κ3) is 8.89. The minimum atomic E-state index is -0.346. The molecule has 0 rings (SSSR count). The van der Waals surface area contributed by atoms with Gasteiger partial charge in [0.1, 0.15) is 6.10 Å². The molecule has 17 heavy (non-hydrogen) atoms. The van der Waals surface area contributed by atoms with Crippen molar-refractivity contribution in [3.63, 3.8) is 0 Å². The van der Waals surface area contributed by atoms with Gasteiger partial charge >= 0.3 is 5.97 Å². The maximum atomic E-state index is 11.4. The average Bonchev–Trinajstić information content (AvgIpc) is 2.30. The van der Waals surface area contributed by atoms with Crippen LogP contribution in [0.1, 0.15) is 33.1 Å². The molecule has 0 aliphatic rings. The predicted octanol–water partition coefficient (Wildman–Crippen LogP) is 2.33. The molecule has 0 aromatic rings. The van der Waals surface area contributed by atoms with E-state index in [9.17, 15) is 4.79 Å². The van der Waals surface area contributed by atoms with Gasteiger partial charge < -0.3 is 14.2 Å². The van der Waals surface area contributed by atoms with Crippen LogP contribution in [0.2, 0.25) is 0 Å². The Hall–Kier alpha value is -0.870. The second-order valence-electron chi connectivity index (χ2n) is 4.02. The van der Waals surface area contributed by atoms with E-state index >= 15 is 0 Å². The van der Waals surface area contributed by atoms with Crippen molar-refractivity contribution in [1.29, 1.82) is 0 Å². The fourth-order valence-corrected chi connectivity index (χ4v) is 1.22. The molecule has 4 nitrogen and oxygen atoms in total. The van der Waals surface area contributed by atoms with E-state index in [1.54, 1.807) is 14.0 Å². The number of unbranched alkanes of at least 4 members (excludes halogenated alkanes) is 1. The van der Waals surface area contributed by atoms with Gasteiger partial charge in [-0.2, -0.15) is 0 Å². The summed E-state index contributed by atoms with van der Waals surface area (Å²) in [7, 11) is 1.62. The van der Waals surface area contributed by atoms with E-state index in [0.29, 0.717) is 25.4 Å². The van der Waals surface area contributed by atoms with Gasteiger partial charge in [0.15, 0.2) is 0 Å². The minimum absolute atomic E-state index is 0.184. The van der Waals surface area contributed by atoms with E-state index in [-0.39, 0.29) is 12.1 Å². The molecular formula is C13H24O4.